The van der Waals surface area contributed by atoms with Gasteiger partial charge in [0.05, 0.1) is 17.3 Å². The van der Waals surface area contributed by atoms with Crippen LogP contribution in [0.3, 0.4) is 0 Å². The highest BCUT2D eigenvalue weighted by Crippen LogP contribution is 2.25. The lowest BCUT2D eigenvalue weighted by molar-refractivity contribution is -0.112. The molecule has 0 saturated carbocycles. The average Bonchev–Trinajstić information content (AvgIpc) is 2.26. The lowest BCUT2D eigenvalue weighted by Crippen LogP contribution is -2.24. The van der Waals surface area contributed by atoms with E-state index in [1.54, 1.807) is 12.1 Å². The highest BCUT2D eigenvalue weighted by atomic mass is 35.5. The Kier molecular flexibility index (Phi) is 4.02. The molecule has 6 heteroatoms. The number of hydrogen-bond donors (Lipinski definition) is 3. The Morgan fingerprint density at radius 3 is 2.81 bits per heavy atom. The summed E-state index contributed by atoms with van der Waals surface area (Å²) in [4.78, 5) is 21.1. The highest BCUT2D eigenvalue weighted by Gasteiger charge is 2.14. The topological polar surface area (TPSA) is 96.0 Å². The summed E-state index contributed by atoms with van der Waals surface area (Å²) in [6, 6.07) is 4.72. The van der Waals surface area contributed by atoms with Gasteiger partial charge in [-0.15, -0.1) is 0 Å². The van der Waals surface area contributed by atoms with Crippen LogP contribution in [-0.2, 0) is 9.59 Å². The first-order valence-electron chi connectivity index (χ1n) is 4.42. The van der Waals surface area contributed by atoms with E-state index in [0.717, 1.165) is 0 Å². The van der Waals surface area contributed by atoms with Gasteiger partial charge in [0.2, 0.25) is 0 Å². The van der Waals surface area contributed by atoms with Crippen LogP contribution in [0.2, 0.25) is 5.02 Å². The van der Waals surface area contributed by atoms with Gasteiger partial charge >= 0.3 is 0 Å². The lowest BCUT2D eigenvalue weighted by atomic mass is 10.1. The Bertz CT molecular complexity index is 446. The number of nitrogens with one attached hydrogen (secondary N) is 2. The van der Waals surface area contributed by atoms with Crippen molar-refractivity contribution in [3.8, 4) is 0 Å². The zero-order valence-corrected chi connectivity index (χ0v) is 9.04. The maximum absolute atomic E-state index is 10.9. The summed E-state index contributed by atoms with van der Waals surface area (Å²) < 4.78 is 0. The SMILES string of the molecule is N=C(C(N)=O)c1cccc(Cl)c1NCC=O. The van der Waals surface area contributed by atoms with Crippen LogP contribution in [-0.4, -0.2) is 24.4 Å². The first-order chi connectivity index (χ1) is 7.57. The standard InChI is InChI=1S/C10H10ClN3O2/c11-7-3-1-2-6(8(12)10(13)16)9(7)14-4-5-15/h1-3,5,12,14H,4H2,(H2,13,16). The molecule has 0 radical (unpaired) electrons. The number of hydrogen-bond acceptors (Lipinski definition) is 4. The van der Waals surface area contributed by atoms with E-state index in [-0.39, 0.29) is 17.8 Å². The molecule has 0 bridgehead atoms. The highest BCUT2D eigenvalue weighted by molar-refractivity contribution is 6.46. The van der Waals surface area contributed by atoms with E-state index < -0.39 is 5.91 Å². The summed E-state index contributed by atoms with van der Waals surface area (Å²) in [7, 11) is 0. The average molecular weight is 240 g/mol. The number of aldehydes is 1. The molecule has 0 aliphatic carbocycles. The van der Waals surface area contributed by atoms with E-state index in [4.69, 9.17) is 22.7 Å². The summed E-state index contributed by atoms with van der Waals surface area (Å²) in [6.45, 7) is 0.0444. The molecule has 0 unspecified atom stereocenters. The number of carbonyl (C=O) groups is 2. The summed E-state index contributed by atoms with van der Waals surface area (Å²) in [6.07, 6.45) is 0.654. The number of benzene rings is 1. The number of amides is 1. The molecule has 1 amide bonds. The quantitative estimate of drug-likeness (QED) is 0.524. The third kappa shape index (κ3) is 2.58. The second kappa shape index (κ2) is 5.27. The Balaban J connectivity index is 3.16. The van der Waals surface area contributed by atoms with Crippen molar-refractivity contribution in [3.05, 3.63) is 28.8 Å². The van der Waals surface area contributed by atoms with Crippen LogP contribution >= 0.6 is 11.6 Å². The number of halogens is 1. The molecule has 5 nitrogen and oxygen atoms in total. The zero-order chi connectivity index (χ0) is 12.1. The van der Waals surface area contributed by atoms with E-state index >= 15 is 0 Å². The van der Waals surface area contributed by atoms with Crippen molar-refractivity contribution in [2.45, 2.75) is 0 Å². The van der Waals surface area contributed by atoms with Crippen LogP contribution in [0.1, 0.15) is 5.56 Å². The van der Waals surface area contributed by atoms with Gasteiger partial charge in [0.25, 0.3) is 5.91 Å². The summed E-state index contributed by atoms with van der Waals surface area (Å²) >= 11 is 5.89. The van der Waals surface area contributed by atoms with Gasteiger partial charge in [-0.05, 0) is 6.07 Å². The van der Waals surface area contributed by atoms with Gasteiger partial charge in [0, 0.05) is 5.56 Å². The number of carbonyl (C=O) groups excluding carboxylic acids is 2. The van der Waals surface area contributed by atoms with E-state index in [1.165, 1.54) is 6.07 Å². The Hall–Kier alpha value is -1.88. The minimum absolute atomic E-state index is 0.0444. The van der Waals surface area contributed by atoms with Crippen molar-refractivity contribution < 1.29 is 9.59 Å². The number of nitrogens with two attached hydrogens (primary N) is 1. The zero-order valence-electron chi connectivity index (χ0n) is 8.29. The van der Waals surface area contributed by atoms with Crippen LogP contribution in [0, 0.1) is 5.41 Å². The second-order valence-electron chi connectivity index (χ2n) is 2.95. The molecule has 84 valence electrons. The molecule has 0 aliphatic rings. The molecule has 0 atom stereocenters. The molecule has 0 fully saturated rings. The van der Waals surface area contributed by atoms with Crippen LogP contribution in [0.15, 0.2) is 18.2 Å². The van der Waals surface area contributed by atoms with Crippen molar-refractivity contribution in [2.75, 3.05) is 11.9 Å². The molecule has 0 aromatic heterocycles. The fourth-order valence-electron chi connectivity index (χ4n) is 1.19. The molecular formula is C10H10ClN3O2. The van der Waals surface area contributed by atoms with Crippen LogP contribution in [0.5, 0.6) is 0 Å². The maximum atomic E-state index is 10.9. The second-order valence-corrected chi connectivity index (χ2v) is 3.36. The molecular weight excluding hydrogens is 230 g/mol. The fourth-order valence-corrected chi connectivity index (χ4v) is 1.43. The van der Waals surface area contributed by atoms with Gasteiger partial charge < -0.3 is 15.8 Å². The molecule has 1 aromatic rings. The largest absolute Gasteiger partial charge is 0.377 e. The normalized spacial score (nSPS) is 9.56. The number of para-hydroxylation sites is 1. The molecule has 0 saturated heterocycles. The summed E-state index contributed by atoms with van der Waals surface area (Å²) in [5.41, 5.74) is 5.30. The lowest BCUT2D eigenvalue weighted by Gasteiger charge is -2.11. The smallest absolute Gasteiger partial charge is 0.267 e. The minimum Gasteiger partial charge on any atom is -0.377 e. The van der Waals surface area contributed by atoms with E-state index in [0.29, 0.717) is 17.0 Å². The third-order valence-electron chi connectivity index (χ3n) is 1.89. The summed E-state index contributed by atoms with van der Waals surface area (Å²) in [5.74, 6) is -0.851. The van der Waals surface area contributed by atoms with Gasteiger partial charge in [-0.2, -0.15) is 0 Å². The van der Waals surface area contributed by atoms with Crippen LogP contribution in [0.25, 0.3) is 0 Å². The van der Waals surface area contributed by atoms with Crippen molar-refractivity contribution in [1.82, 2.24) is 0 Å². The van der Waals surface area contributed by atoms with Crippen molar-refractivity contribution in [3.63, 3.8) is 0 Å². The van der Waals surface area contributed by atoms with Gasteiger partial charge in [-0.1, -0.05) is 23.7 Å². The van der Waals surface area contributed by atoms with Crippen molar-refractivity contribution in [1.29, 1.82) is 5.41 Å². The van der Waals surface area contributed by atoms with Crippen LogP contribution in [0.4, 0.5) is 5.69 Å². The van der Waals surface area contributed by atoms with Gasteiger partial charge in [-0.3, -0.25) is 10.2 Å². The minimum atomic E-state index is -0.851. The fraction of sp³-hybridized carbons (Fsp3) is 0.100. The van der Waals surface area contributed by atoms with E-state index in [1.807, 2.05) is 0 Å². The predicted molar refractivity (Wildman–Crippen MR) is 62.0 cm³/mol. The van der Waals surface area contributed by atoms with Gasteiger partial charge in [0.15, 0.2) is 0 Å². The molecule has 4 N–H and O–H groups in total. The van der Waals surface area contributed by atoms with E-state index in [9.17, 15) is 9.59 Å². The molecule has 1 rings (SSSR count). The molecule has 0 heterocycles. The Morgan fingerprint density at radius 2 is 2.25 bits per heavy atom. The number of rotatable bonds is 5. The number of primary amides is 1. The molecule has 0 aliphatic heterocycles. The first kappa shape index (κ1) is 12.2. The molecule has 1 aromatic carbocycles. The summed E-state index contributed by atoms with van der Waals surface area (Å²) in [5, 5.41) is 10.5. The molecule has 0 spiro atoms. The maximum Gasteiger partial charge on any atom is 0.267 e. The monoisotopic (exact) mass is 239 g/mol. The number of anilines is 1. The van der Waals surface area contributed by atoms with Gasteiger partial charge in [-0.25, -0.2) is 0 Å². The Morgan fingerprint density at radius 1 is 1.56 bits per heavy atom. The first-order valence-corrected chi connectivity index (χ1v) is 4.80. The Labute approximate surface area is 97.1 Å². The van der Waals surface area contributed by atoms with E-state index in [2.05, 4.69) is 5.32 Å². The molecule has 16 heavy (non-hydrogen) atoms. The van der Waals surface area contributed by atoms with Crippen molar-refractivity contribution in [2.24, 2.45) is 5.73 Å². The predicted octanol–water partition coefficient (Wildman–Crippen LogP) is 0.804. The van der Waals surface area contributed by atoms with Crippen molar-refractivity contribution >= 4 is 35.2 Å². The van der Waals surface area contributed by atoms with Crippen LogP contribution < -0.4 is 11.1 Å². The third-order valence-corrected chi connectivity index (χ3v) is 2.21. The van der Waals surface area contributed by atoms with Gasteiger partial charge in [0.1, 0.15) is 12.0 Å².